The first kappa shape index (κ1) is 32.2. The topological polar surface area (TPSA) is 106 Å². The maximum absolute atomic E-state index is 15.2. The van der Waals surface area contributed by atoms with Crippen molar-refractivity contribution >= 4 is 22.6 Å². The van der Waals surface area contributed by atoms with Crippen molar-refractivity contribution in [3.63, 3.8) is 0 Å². The highest BCUT2D eigenvalue weighted by atomic mass is 19.4. The van der Waals surface area contributed by atoms with Crippen LogP contribution in [-0.2, 0) is 27.5 Å². The third kappa shape index (κ3) is 6.89. The number of aromatic amines is 1. The van der Waals surface area contributed by atoms with Crippen LogP contribution >= 0.6 is 0 Å². The van der Waals surface area contributed by atoms with Crippen LogP contribution in [0.15, 0.2) is 65.6 Å². The molecule has 1 saturated heterocycles. The minimum absolute atomic E-state index is 0.0236. The SMILES string of the molecule is CC(C)(C(=O)O)c1ccc(F)cc1.N#Cc1c[nH]c2c(Cc3ccc(C(F)(F)F)cc3)c(N3CCOCC3)c(F)cc2c1=O. The molecule has 2 heterocycles. The fourth-order valence-electron chi connectivity index (χ4n) is 4.78. The van der Waals surface area contributed by atoms with E-state index >= 15 is 4.39 Å². The number of carbonyl (C=O) groups is 1. The van der Waals surface area contributed by atoms with E-state index in [0.29, 0.717) is 48.5 Å². The quantitative estimate of drug-likeness (QED) is 0.261. The Kier molecular flexibility index (Phi) is 9.39. The number of alkyl halides is 3. The van der Waals surface area contributed by atoms with Crippen molar-refractivity contribution in [1.29, 1.82) is 5.26 Å². The zero-order chi connectivity index (χ0) is 32.2. The van der Waals surface area contributed by atoms with E-state index in [4.69, 9.17) is 15.1 Å². The lowest BCUT2D eigenvalue weighted by atomic mass is 9.85. The summed E-state index contributed by atoms with van der Waals surface area (Å²) in [6, 6.07) is 13.0. The van der Waals surface area contributed by atoms with Gasteiger partial charge in [-0.3, -0.25) is 9.59 Å². The van der Waals surface area contributed by atoms with Gasteiger partial charge in [0.05, 0.1) is 40.8 Å². The van der Waals surface area contributed by atoms with Gasteiger partial charge < -0.3 is 19.7 Å². The van der Waals surface area contributed by atoms with Gasteiger partial charge in [-0.25, -0.2) is 8.78 Å². The highest BCUT2D eigenvalue weighted by molar-refractivity contribution is 5.88. The van der Waals surface area contributed by atoms with Crippen LogP contribution in [0.25, 0.3) is 10.9 Å². The van der Waals surface area contributed by atoms with Gasteiger partial charge in [-0.15, -0.1) is 0 Å². The van der Waals surface area contributed by atoms with Crippen molar-refractivity contribution < 1.29 is 36.6 Å². The maximum atomic E-state index is 15.2. The number of hydrogen-bond acceptors (Lipinski definition) is 5. The van der Waals surface area contributed by atoms with Crippen LogP contribution in [0.3, 0.4) is 0 Å². The fourth-order valence-corrected chi connectivity index (χ4v) is 4.78. The first-order valence-electron chi connectivity index (χ1n) is 13.5. The molecule has 3 aromatic carbocycles. The Balaban J connectivity index is 0.000000285. The van der Waals surface area contributed by atoms with Crippen molar-refractivity contribution in [2.24, 2.45) is 0 Å². The van der Waals surface area contributed by atoms with Crippen LogP contribution in [0.4, 0.5) is 27.6 Å². The van der Waals surface area contributed by atoms with Crippen molar-refractivity contribution in [2.45, 2.75) is 31.9 Å². The van der Waals surface area contributed by atoms with E-state index in [1.54, 1.807) is 24.8 Å². The number of carboxylic acids is 1. The number of nitrogens with one attached hydrogen (secondary N) is 1. The largest absolute Gasteiger partial charge is 0.481 e. The minimum Gasteiger partial charge on any atom is -0.481 e. The zero-order valence-electron chi connectivity index (χ0n) is 23.8. The number of hydrogen-bond donors (Lipinski definition) is 2. The van der Waals surface area contributed by atoms with Crippen LogP contribution < -0.4 is 10.3 Å². The molecule has 0 unspecified atom stereocenters. The molecule has 1 aliphatic heterocycles. The Morgan fingerprint density at radius 1 is 1.02 bits per heavy atom. The van der Waals surface area contributed by atoms with Gasteiger partial charge in [-0.2, -0.15) is 18.4 Å². The number of ether oxygens (including phenoxy) is 1. The Morgan fingerprint density at radius 3 is 2.16 bits per heavy atom. The van der Waals surface area contributed by atoms with E-state index in [1.807, 2.05) is 0 Å². The molecule has 1 aliphatic rings. The summed E-state index contributed by atoms with van der Waals surface area (Å²) in [6.45, 7) is 4.85. The number of carboxylic acid groups (broad SMARTS) is 1. The van der Waals surface area contributed by atoms with Crippen molar-refractivity contribution in [1.82, 2.24) is 4.98 Å². The highest BCUT2D eigenvalue weighted by Gasteiger charge is 2.31. The van der Waals surface area contributed by atoms with E-state index in [-0.39, 0.29) is 28.9 Å². The summed E-state index contributed by atoms with van der Waals surface area (Å²) in [5, 5.41) is 18.0. The summed E-state index contributed by atoms with van der Waals surface area (Å²) in [7, 11) is 0. The van der Waals surface area contributed by atoms with Crippen LogP contribution in [0, 0.1) is 23.0 Å². The molecule has 0 aliphatic carbocycles. The molecule has 44 heavy (non-hydrogen) atoms. The van der Waals surface area contributed by atoms with Crippen LogP contribution in [-0.4, -0.2) is 42.4 Å². The van der Waals surface area contributed by atoms with Gasteiger partial charge in [0.1, 0.15) is 23.3 Å². The van der Waals surface area contributed by atoms with Crippen molar-refractivity contribution in [3.05, 3.63) is 110 Å². The summed E-state index contributed by atoms with van der Waals surface area (Å²) in [6.07, 6.45) is -3.09. The number of nitriles is 1. The van der Waals surface area contributed by atoms with E-state index in [9.17, 15) is 27.2 Å². The number of nitrogens with zero attached hydrogens (tertiary/aromatic N) is 2. The average Bonchev–Trinajstić information content (AvgIpc) is 2.98. The molecule has 0 saturated carbocycles. The number of fused-ring (bicyclic) bond motifs is 1. The van der Waals surface area contributed by atoms with Gasteiger partial charge in [-0.1, -0.05) is 24.3 Å². The van der Waals surface area contributed by atoms with Crippen molar-refractivity contribution in [2.75, 3.05) is 31.2 Å². The summed E-state index contributed by atoms with van der Waals surface area (Å²) in [4.78, 5) is 28.1. The standard InChI is InChI=1S/C22H17F4N3O2.C10H11FO2/c23-18-10-17-19(28-12-14(11-27)21(17)30)16(20(18)29-5-7-31-8-6-29)9-13-1-3-15(4-2-13)22(24,25)26;1-10(2,9(12)13)7-3-5-8(11)6-4-7/h1-4,10,12H,5-9H2,(H,28,30);3-6H,1-2H3,(H,12,13). The summed E-state index contributed by atoms with van der Waals surface area (Å²) >= 11 is 0. The Morgan fingerprint density at radius 2 is 1.61 bits per heavy atom. The molecule has 1 fully saturated rings. The highest BCUT2D eigenvalue weighted by Crippen LogP contribution is 2.34. The molecule has 0 atom stereocenters. The minimum atomic E-state index is -4.46. The Hall–Kier alpha value is -4.76. The molecule has 12 heteroatoms. The molecular weight excluding hydrogens is 585 g/mol. The number of halogens is 5. The second-order valence-electron chi connectivity index (χ2n) is 10.7. The fraction of sp³-hybridized carbons (Fsp3) is 0.281. The number of morpholine rings is 1. The lowest BCUT2D eigenvalue weighted by molar-refractivity contribution is -0.142. The van der Waals surface area contributed by atoms with Crippen LogP contribution in [0.5, 0.6) is 0 Å². The molecule has 0 radical (unpaired) electrons. The number of H-pyrrole nitrogens is 1. The van der Waals surface area contributed by atoms with Gasteiger partial charge in [0.25, 0.3) is 0 Å². The predicted octanol–water partition coefficient (Wildman–Crippen LogP) is 6.17. The Bertz CT molecular complexity index is 1750. The third-order valence-corrected chi connectivity index (χ3v) is 7.41. The van der Waals surface area contributed by atoms with E-state index in [1.165, 1.54) is 42.6 Å². The van der Waals surface area contributed by atoms with Crippen LogP contribution in [0.1, 0.15) is 41.7 Å². The number of anilines is 1. The molecular formula is C32H28F5N3O4. The Labute approximate surface area is 249 Å². The molecule has 1 aromatic heterocycles. The first-order valence-corrected chi connectivity index (χ1v) is 13.5. The summed E-state index contributed by atoms with van der Waals surface area (Å²) in [5.74, 6) is -1.90. The molecule has 0 spiro atoms. The van der Waals surface area contributed by atoms with Gasteiger partial charge >= 0.3 is 12.1 Å². The van der Waals surface area contributed by atoms with Crippen LogP contribution in [0.2, 0.25) is 0 Å². The summed E-state index contributed by atoms with van der Waals surface area (Å²) < 4.78 is 71.8. The van der Waals surface area contributed by atoms with Gasteiger partial charge in [0.2, 0.25) is 5.43 Å². The normalized spacial score (nSPS) is 13.6. The summed E-state index contributed by atoms with van der Waals surface area (Å²) in [5.41, 5.74) is -0.292. The molecule has 5 rings (SSSR count). The third-order valence-electron chi connectivity index (χ3n) is 7.41. The van der Waals surface area contributed by atoms with E-state index < -0.39 is 34.4 Å². The van der Waals surface area contributed by atoms with E-state index in [0.717, 1.165) is 18.2 Å². The van der Waals surface area contributed by atoms with E-state index in [2.05, 4.69) is 4.98 Å². The molecule has 7 nitrogen and oxygen atoms in total. The number of aromatic nitrogens is 1. The number of aliphatic carboxylic acids is 1. The second-order valence-corrected chi connectivity index (χ2v) is 10.7. The van der Waals surface area contributed by atoms with Gasteiger partial charge in [0.15, 0.2) is 0 Å². The number of rotatable bonds is 5. The molecule has 0 amide bonds. The first-order chi connectivity index (χ1) is 20.7. The van der Waals surface area contributed by atoms with Crippen molar-refractivity contribution in [3.8, 4) is 6.07 Å². The lowest BCUT2D eigenvalue weighted by Gasteiger charge is -2.31. The zero-order valence-corrected chi connectivity index (χ0v) is 23.8. The van der Waals surface area contributed by atoms with Gasteiger partial charge in [-0.05, 0) is 55.3 Å². The monoisotopic (exact) mass is 613 g/mol. The average molecular weight is 614 g/mol. The predicted molar refractivity (Wildman–Crippen MR) is 154 cm³/mol. The number of pyridine rings is 1. The molecule has 0 bridgehead atoms. The molecule has 4 aromatic rings. The molecule has 230 valence electrons. The molecule has 2 N–H and O–H groups in total. The lowest BCUT2D eigenvalue weighted by Crippen LogP contribution is -2.37. The number of benzene rings is 3. The second kappa shape index (κ2) is 12.9. The smallest absolute Gasteiger partial charge is 0.416 e. The van der Waals surface area contributed by atoms with Gasteiger partial charge in [0, 0.05) is 31.3 Å². The maximum Gasteiger partial charge on any atom is 0.416 e.